The molecule has 1 heterocycles. The number of amides is 1. The first-order valence-electron chi connectivity index (χ1n) is 8.05. The number of ether oxygens (including phenoxy) is 1. The highest BCUT2D eigenvalue weighted by atomic mass is 16.5. The predicted octanol–water partition coefficient (Wildman–Crippen LogP) is 2.44. The van der Waals surface area contributed by atoms with Crippen molar-refractivity contribution in [2.24, 2.45) is 0 Å². The summed E-state index contributed by atoms with van der Waals surface area (Å²) in [4.78, 5) is 15.0. The Balaban J connectivity index is 1.77. The molecule has 0 spiro atoms. The molecule has 0 aromatic heterocycles. The Morgan fingerprint density at radius 1 is 1.33 bits per heavy atom. The highest BCUT2D eigenvalue weighted by Gasteiger charge is 2.35. The van der Waals surface area contributed by atoms with E-state index in [9.17, 15) is 4.79 Å². The van der Waals surface area contributed by atoms with E-state index in [0.717, 1.165) is 25.9 Å². The molecular formula is C17H24N2O2. The van der Waals surface area contributed by atoms with Crippen molar-refractivity contribution in [3.8, 4) is 5.75 Å². The molecule has 1 aromatic carbocycles. The fourth-order valence-electron chi connectivity index (χ4n) is 3.01. The van der Waals surface area contributed by atoms with Crippen LogP contribution in [-0.2, 0) is 0 Å². The number of nitrogens with one attached hydrogen (secondary N) is 1. The van der Waals surface area contributed by atoms with Gasteiger partial charge in [-0.05, 0) is 51.3 Å². The van der Waals surface area contributed by atoms with Gasteiger partial charge in [0.2, 0.25) is 0 Å². The molecule has 4 heteroatoms. The Bertz CT molecular complexity index is 493. The van der Waals surface area contributed by atoms with Crippen LogP contribution in [0.15, 0.2) is 24.3 Å². The summed E-state index contributed by atoms with van der Waals surface area (Å²) in [5.41, 5.74) is 0.698. The van der Waals surface area contributed by atoms with Crippen molar-refractivity contribution in [3.05, 3.63) is 29.8 Å². The zero-order valence-electron chi connectivity index (χ0n) is 12.7. The molecule has 1 saturated heterocycles. The summed E-state index contributed by atoms with van der Waals surface area (Å²) in [5, 5.41) is 3.49. The van der Waals surface area contributed by atoms with Crippen molar-refractivity contribution in [3.63, 3.8) is 0 Å². The van der Waals surface area contributed by atoms with E-state index < -0.39 is 0 Å². The third-order valence-corrected chi connectivity index (χ3v) is 4.25. The SMILES string of the molecule is CCOc1ccccc1C(=O)N(CC1CCCN1)C1CC1. The third kappa shape index (κ3) is 3.38. The molecular weight excluding hydrogens is 264 g/mol. The molecule has 3 rings (SSSR count). The van der Waals surface area contributed by atoms with Gasteiger partial charge in [-0.15, -0.1) is 0 Å². The number of rotatable bonds is 6. The summed E-state index contributed by atoms with van der Waals surface area (Å²) >= 11 is 0. The number of hydrogen-bond donors (Lipinski definition) is 1. The number of carbonyl (C=O) groups excluding carboxylic acids is 1. The maximum atomic E-state index is 12.9. The molecule has 1 aliphatic heterocycles. The zero-order valence-corrected chi connectivity index (χ0v) is 12.7. The van der Waals surface area contributed by atoms with Crippen molar-refractivity contribution in [1.29, 1.82) is 0 Å². The second-order valence-electron chi connectivity index (χ2n) is 5.91. The monoisotopic (exact) mass is 288 g/mol. The van der Waals surface area contributed by atoms with E-state index in [1.54, 1.807) is 0 Å². The van der Waals surface area contributed by atoms with Gasteiger partial charge in [0.1, 0.15) is 5.75 Å². The number of nitrogens with zero attached hydrogens (tertiary/aromatic N) is 1. The molecule has 2 aliphatic rings. The van der Waals surface area contributed by atoms with Crippen molar-refractivity contribution < 1.29 is 9.53 Å². The van der Waals surface area contributed by atoms with Gasteiger partial charge in [-0.2, -0.15) is 0 Å². The molecule has 0 radical (unpaired) electrons. The van der Waals surface area contributed by atoms with E-state index in [2.05, 4.69) is 10.2 Å². The van der Waals surface area contributed by atoms with E-state index in [1.807, 2.05) is 31.2 Å². The van der Waals surface area contributed by atoms with Gasteiger partial charge in [0.25, 0.3) is 5.91 Å². The average Bonchev–Trinajstić information content (AvgIpc) is 3.21. The van der Waals surface area contributed by atoms with E-state index in [0.29, 0.717) is 30.0 Å². The molecule has 1 N–H and O–H groups in total. The summed E-state index contributed by atoms with van der Waals surface area (Å²) in [7, 11) is 0. The van der Waals surface area contributed by atoms with Crippen molar-refractivity contribution in [2.75, 3.05) is 19.7 Å². The largest absolute Gasteiger partial charge is 0.493 e. The van der Waals surface area contributed by atoms with Crippen molar-refractivity contribution in [2.45, 2.75) is 44.7 Å². The van der Waals surface area contributed by atoms with Crippen molar-refractivity contribution in [1.82, 2.24) is 10.2 Å². The van der Waals surface area contributed by atoms with Gasteiger partial charge in [0.15, 0.2) is 0 Å². The summed E-state index contributed by atoms with van der Waals surface area (Å²) < 4.78 is 5.62. The van der Waals surface area contributed by atoms with Crippen LogP contribution in [0.25, 0.3) is 0 Å². The molecule has 2 fully saturated rings. The lowest BCUT2D eigenvalue weighted by molar-refractivity contribution is 0.0724. The second-order valence-corrected chi connectivity index (χ2v) is 5.91. The lowest BCUT2D eigenvalue weighted by atomic mass is 10.1. The van der Waals surface area contributed by atoms with Crippen molar-refractivity contribution >= 4 is 5.91 Å². The summed E-state index contributed by atoms with van der Waals surface area (Å²) in [6.45, 7) is 4.43. The molecule has 0 bridgehead atoms. The lowest BCUT2D eigenvalue weighted by Crippen LogP contribution is -2.42. The molecule has 21 heavy (non-hydrogen) atoms. The number of carbonyl (C=O) groups is 1. The standard InChI is InChI=1S/C17H24N2O2/c1-2-21-16-8-4-3-7-15(16)17(20)19(14-9-10-14)12-13-6-5-11-18-13/h3-4,7-8,13-14,18H,2,5-6,9-12H2,1H3. The van der Waals surface area contributed by atoms with Crippen LogP contribution in [0.1, 0.15) is 43.0 Å². The van der Waals surface area contributed by atoms with Gasteiger partial charge < -0.3 is 15.0 Å². The minimum atomic E-state index is 0.121. The maximum Gasteiger partial charge on any atom is 0.257 e. The molecule has 4 nitrogen and oxygen atoms in total. The number of benzene rings is 1. The van der Waals surface area contributed by atoms with E-state index >= 15 is 0 Å². The molecule has 114 valence electrons. The Hall–Kier alpha value is -1.55. The average molecular weight is 288 g/mol. The minimum Gasteiger partial charge on any atom is -0.493 e. The zero-order chi connectivity index (χ0) is 14.7. The Kier molecular flexibility index (Phi) is 4.44. The molecule has 1 saturated carbocycles. The molecule has 1 unspecified atom stereocenters. The Morgan fingerprint density at radius 2 is 2.14 bits per heavy atom. The highest BCUT2D eigenvalue weighted by molar-refractivity contribution is 5.97. The maximum absolute atomic E-state index is 12.9. The van der Waals surface area contributed by atoms with Crippen LogP contribution in [0.3, 0.4) is 0 Å². The lowest BCUT2D eigenvalue weighted by Gasteiger charge is -2.26. The summed E-state index contributed by atoms with van der Waals surface area (Å²) in [6.07, 6.45) is 4.65. The highest BCUT2D eigenvalue weighted by Crippen LogP contribution is 2.31. The fraction of sp³-hybridized carbons (Fsp3) is 0.588. The Morgan fingerprint density at radius 3 is 2.81 bits per heavy atom. The van der Waals surface area contributed by atoms with Gasteiger partial charge in [0.05, 0.1) is 12.2 Å². The third-order valence-electron chi connectivity index (χ3n) is 4.25. The van der Waals surface area contributed by atoms with Crippen LogP contribution in [0.4, 0.5) is 0 Å². The summed E-state index contributed by atoms with van der Waals surface area (Å²) in [6, 6.07) is 8.47. The van der Waals surface area contributed by atoms with Gasteiger partial charge in [-0.1, -0.05) is 12.1 Å². The predicted molar refractivity (Wildman–Crippen MR) is 82.7 cm³/mol. The minimum absolute atomic E-state index is 0.121. The summed E-state index contributed by atoms with van der Waals surface area (Å²) in [5.74, 6) is 0.824. The van der Waals surface area contributed by atoms with E-state index in [4.69, 9.17) is 4.74 Å². The normalized spacial score (nSPS) is 21.3. The topological polar surface area (TPSA) is 41.6 Å². The number of para-hydroxylation sites is 1. The molecule has 1 amide bonds. The van der Waals surface area contributed by atoms with Crippen LogP contribution >= 0.6 is 0 Å². The first-order chi connectivity index (χ1) is 10.3. The first kappa shape index (κ1) is 14.4. The quantitative estimate of drug-likeness (QED) is 0.874. The van der Waals surface area contributed by atoms with Gasteiger partial charge >= 0.3 is 0 Å². The Labute approximate surface area is 126 Å². The first-order valence-corrected chi connectivity index (χ1v) is 8.05. The smallest absolute Gasteiger partial charge is 0.257 e. The van der Waals surface area contributed by atoms with Gasteiger partial charge in [-0.25, -0.2) is 0 Å². The molecule has 1 aliphatic carbocycles. The van der Waals surface area contributed by atoms with Crippen LogP contribution < -0.4 is 10.1 Å². The molecule has 1 aromatic rings. The second kappa shape index (κ2) is 6.48. The molecule has 1 atom stereocenters. The fourth-order valence-corrected chi connectivity index (χ4v) is 3.01. The van der Waals surface area contributed by atoms with Crippen LogP contribution in [0.2, 0.25) is 0 Å². The number of hydrogen-bond acceptors (Lipinski definition) is 3. The van der Waals surface area contributed by atoms with E-state index in [1.165, 1.54) is 12.8 Å². The van der Waals surface area contributed by atoms with Gasteiger partial charge in [-0.3, -0.25) is 4.79 Å². The van der Waals surface area contributed by atoms with E-state index in [-0.39, 0.29) is 5.91 Å². The van der Waals surface area contributed by atoms with Crippen LogP contribution in [-0.4, -0.2) is 42.6 Å². The van der Waals surface area contributed by atoms with Gasteiger partial charge in [0, 0.05) is 18.6 Å². The van der Waals surface area contributed by atoms with Crippen LogP contribution in [0, 0.1) is 0 Å². The van der Waals surface area contributed by atoms with Crippen LogP contribution in [0.5, 0.6) is 5.75 Å².